The fourth-order valence-electron chi connectivity index (χ4n) is 1.13. The third kappa shape index (κ3) is 1.60. The summed E-state index contributed by atoms with van der Waals surface area (Å²) in [5.74, 6) is 0.242. The summed E-state index contributed by atoms with van der Waals surface area (Å²) in [6.45, 7) is 1.91. The lowest BCUT2D eigenvalue weighted by Crippen LogP contribution is -1.98. The van der Waals surface area contributed by atoms with E-state index in [2.05, 4.69) is 31.0 Å². The highest BCUT2D eigenvalue weighted by atomic mass is 79.9. The maximum atomic E-state index is 5.47. The van der Waals surface area contributed by atoms with E-state index in [0.717, 1.165) is 11.4 Å². The summed E-state index contributed by atoms with van der Waals surface area (Å²) in [7, 11) is 0. The Kier molecular flexibility index (Phi) is 2.20. The molecule has 0 spiro atoms. The molecule has 0 fully saturated rings. The van der Waals surface area contributed by atoms with Crippen LogP contribution in [0.3, 0.4) is 0 Å². The molecule has 2 aromatic heterocycles. The second-order valence-corrected chi connectivity index (χ2v) is 3.52. The molecule has 0 aliphatic carbocycles. The van der Waals surface area contributed by atoms with Crippen LogP contribution in [0.4, 0.5) is 5.95 Å². The first-order valence-corrected chi connectivity index (χ1v) is 4.77. The van der Waals surface area contributed by atoms with Crippen LogP contribution >= 0.6 is 15.9 Å². The summed E-state index contributed by atoms with van der Waals surface area (Å²) in [6.07, 6.45) is 1.72. The van der Waals surface area contributed by atoms with Gasteiger partial charge in [0.1, 0.15) is 0 Å². The van der Waals surface area contributed by atoms with E-state index < -0.39 is 0 Å². The van der Waals surface area contributed by atoms with Crippen molar-refractivity contribution in [2.24, 2.45) is 0 Å². The SMILES string of the molecule is Cc1cc(-n2nc(N)nc2Br)ccn1. The Hall–Kier alpha value is -1.43. The van der Waals surface area contributed by atoms with Crippen LogP contribution in [0.5, 0.6) is 0 Å². The predicted molar refractivity (Wildman–Crippen MR) is 56.0 cm³/mol. The first-order valence-electron chi connectivity index (χ1n) is 3.98. The first kappa shape index (κ1) is 9.14. The number of aromatic nitrogens is 4. The van der Waals surface area contributed by atoms with Crippen molar-refractivity contribution in [3.05, 3.63) is 28.8 Å². The molecule has 0 amide bonds. The molecule has 0 radical (unpaired) electrons. The van der Waals surface area contributed by atoms with Crippen molar-refractivity contribution in [3.63, 3.8) is 0 Å². The zero-order chi connectivity index (χ0) is 10.1. The van der Waals surface area contributed by atoms with E-state index in [9.17, 15) is 0 Å². The van der Waals surface area contributed by atoms with Gasteiger partial charge in [-0.15, -0.1) is 5.10 Å². The lowest BCUT2D eigenvalue weighted by Gasteiger charge is -2.01. The van der Waals surface area contributed by atoms with E-state index in [1.165, 1.54) is 0 Å². The summed E-state index contributed by atoms with van der Waals surface area (Å²) in [6, 6.07) is 3.74. The van der Waals surface area contributed by atoms with Crippen LogP contribution in [0.1, 0.15) is 5.69 Å². The zero-order valence-corrected chi connectivity index (χ0v) is 9.06. The molecule has 2 N–H and O–H groups in total. The van der Waals surface area contributed by atoms with Gasteiger partial charge in [0.2, 0.25) is 10.7 Å². The average Bonchev–Trinajstić information content (AvgIpc) is 2.45. The van der Waals surface area contributed by atoms with Gasteiger partial charge in [0.05, 0.1) is 5.69 Å². The van der Waals surface area contributed by atoms with E-state index in [1.807, 2.05) is 19.1 Å². The van der Waals surface area contributed by atoms with E-state index in [4.69, 9.17) is 5.73 Å². The molecule has 0 saturated carbocycles. The monoisotopic (exact) mass is 253 g/mol. The second kappa shape index (κ2) is 3.38. The number of nitrogen functional groups attached to an aromatic ring is 1. The van der Waals surface area contributed by atoms with Gasteiger partial charge in [-0.25, -0.2) is 4.68 Å². The quantitative estimate of drug-likeness (QED) is 0.833. The molecule has 0 aromatic carbocycles. The molecule has 2 aromatic rings. The number of pyridine rings is 1. The number of hydrogen-bond donors (Lipinski definition) is 1. The molecule has 5 nitrogen and oxygen atoms in total. The molecular weight excluding hydrogens is 246 g/mol. The predicted octanol–water partition coefficient (Wildman–Crippen LogP) is 1.32. The third-order valence-corrected chi connectivity index (χ3v) is 2.22. The first-order chi connectivity index (χ1) is 6.66. The number of aryl methyl sites for hydroxylation is 1. The molecule has 0 saturated heterocycles. The van der Waals surface area contributed by atoms with Gasteiger partial charge in [-0.05, 0) is 35.0 Å². The smallest absolute Gasteiger partial charge is 0.240 e. The van der Waals surface area contributed by atoms with Crippen molar-refractivity contribution >= 4 is 21.9 Å². The maximum absolute atomic E-state index is 5.47. The maximum Gasteiger partial charge on any atom is 0.240 e. The highest BCUT2D eigenvalue weighted by Crippen LogP contribution is 2.15. The van der Waals surface area contributed by atoms with Crippen molar-refractivity contribution in [2.75, 3.05) is 5.73 Å². The Morgan fingerprint density at radius 3 is 2.86 bits per heavy atom. The van der Waals surface area contributed by atoms with Crippen LogP contribution in [-0.4, -0.2) is 19.7 Å². The van der Waals surface area contributed by atoms with Crippen molar-refractivity contribution in [2.45, 2.75) is 6.92 Å². The number of halogens is 1. The van der Waals surface area contributed by atoms with Crippen molar-refractivity contribution < 1.29 is 0 Å². The Balaban J connectivity index is 2.54. The van der Waals surface area contributed by atoms with E-state index in [1.54, 1.807) is 10.9 Å². The molecule has 72 valence electrons. The summed E-state index contributed by atoms with van der Waals surface area (Å²) in [5.41, 5.74) is 7.27. The fourth-order valence-corrected chi connectivity index (χ4v) is 1.60. The number of hydrogen-bond acceptors (Lipinski definition) is 4. The van der Waals surface area contributed by atoms with E-state index >= 15 is 0 Å². The van der Waals surface area contributed by atoms with Gasteiger partial charge >= 0.3 is 0 Å². The normalized spacial score (nSPS) is 10.4. The highest BCUT2D eigenvalue weighted by Gasteiger charge is 2.06. The molecule has 0 bridgehead atoms. The van der Waals surface area contributed by atoms with Crippen LogP contribution in [0.2, 0.25) is 0 Å². The molecule has 0 aliphatic heterocycles. The lowest BCUT2D eigenvalue weighted by atomic mass is 10.3. The zero-order valence-electron chi connectivity index (χ0n) is 7.48. The molecule has 0 unspecified atom stereocenters. The molecule has 2 rings (SSSR count). The van der Waals surface area contributed by atoms with Crippen molar-refractivity contribution in [1.29, 1.82) is 0 Å². The summed E-state index contributed by atoms with van der Waals surface area (Å²) in [5, 5.41) is 4.03. The number of rotatable bonds is 1. The summed E-state index contributed by atoms with van der Waals surface area (Å²) >= 11 is 3.27. The van der Waals surface area contributed by atoms with Crippen LogP contribution < -0.4 is 5.73 Å². The number of nitrogens with two attached hydrogens (primary N) is 1. The topological polar surface area (TPSA) is 69.6 Å². The molecule has 2 heterocycles. The van der Waals surface area contributed by atoms with Gasteiger partial charge in [-0.2, -0.15) is 4.98 Å². The molecule has 0 atom stereocenters. The van der Waals surface area contributed by atoms with Gasteiger partial charge in [-0.3, -0.25) is 4.98 Å². The average molecular weight is 254 g/mol. The largest absolute Gasteiger partial charge is 0.366 e. The number of nitrogens with zero attached hydrogens (tertiary/aromatic N) is 4. The van der Waals surface area contributed by atoms with Crippen LogP contribution in [0.15, 0.2) is 23.1 Å². The second-order valence-electron chi connectivity index (χ2n) is 2.81. The Bertz CT molecular complexity index is 465. The summed E-state index contributed by atoms with van der Waals surface area (Å²) < 4.78 is 2.20. The third-order valence-electron chi connectivity index (χ3n) is 1.71. The standard InChI is InChI=1S/C8H8BrN5/c1-5-4-6(2-3-11-5)14-7(9)12-8(10)13-14/h2-4H,1H3,(H2,10,13). The minimum atomic E-state index is 0.242. The van der Waals surface area contributed by atoms with Gasteiger partial charge in [0, 0.05) is 11.9 Å². The van der Waals surface area contributed by atoms with Crippen molar-refractivity contribution in [3.8, 4) is 5.69 Å². The molecule has 0 aliphatic rings. The Labute approximate surface area is 89.1 Å². The van der Waals surface area contributed by atoms with Gasteiger partial charge in [0.15, 0.2) is 0 Å². The minimum absolute atomic E-state index is 0.242. The van der Waals surface area contributed by atoms with Gasteiger partial charge in [-0.1, -0.05) is 0 Å². The van der Waals surface area contributed by atoms with Crippen LogP contribution in [0, 0.1) is 6.92 Å². The van der Waals surface area contributed by atoms with Crippen molar-refractivity contribution in [1.82, 2.24) is 19.7 Å². The summed E-state index contributed by atoms with van der Waals surface area (Å²) in [4.78, 5) is 8.04. The molecule has 6 heteroatoms. The Morgan fingerprint density at radius 1 is 1.50 bits per heavy atom. The van der Waals surface area contributed by atoms with E-state index in [0.29, 0.717) is 4.73 Å². The van der Waals surface area contributed by atoms with E-state index in [-0.39, 0.29) is 5.95 Å². The number of anilines is 1. The van der Waals surface area contributed by atoms with Crippen LogP contribution in [0.25, 0.3) is 5.69 Å². The molecular formula is C8H8BrN5. The Morgan fingerprint density at radius 2 is 2.29 bits per heavy atom. The van der Waals surface area contributed by atoms with Crippen LogP contribution in [-0.2, 0) is 0 Å². The molecule has 14 heavy (non-hydrogen) atoms. The van der Waals surface area contributed by atoms with Gasteiger partial charge in [0.25, 0.3) is 0 Å². The highest BCUT2D eigenvalue weighted by molar-refractivity contribution is 9.10. The van der Waals surface area contributed by atoms with Gasteiger partial charge < -0.3 is 5.73 Å². The lowest BCUT2D eigenvalue weighted by molar-refractivity contribution is 0.854. The fraction of sp³-hybridized carbons (Fsp3) is 0.125. The minimum Gasteiger partial charge on any atom is -0.366 e.